The lowest BCUT2D eigenvalue weighted by Gasteiger charge is -2.15. The van der Waals surface area contributed by atoms with Crippen molar-refractivity contribution in [2.75, 3.05) is 16.8 Å². The predicted molar refractivity (Wildman–Crippen MR) is 97.1 cm³/mol. The van der Waals surface area contributed by atoms with Gasteiger partial charge < -0.3 is 10.2 Å². The van der Waals surface area contributed by atoms with Gasteiger partial charge in [0.1, 0.15) is 0 Å². The van der Waals surface area contributed by atoms with E-state index in [1.165, 1.54) is 6.08 Å². The van der Waals surface area contributed by atoms with E-state index in [9.17, 15) is 9.59 Å². The maximum Gasteiger partial charge on any atom is 0.248 e. The molecule has 0 aromatic heterocycles. The molecule has 0 unspecified atom stereocenters. The summed E-state index contributed by atoms with van der Waals surface area (Å²) >= 11 is 5.82. The lowest BCUT2D eigenvalue weighted by molar-refractivity contribution is -0.117. The summed E-state index contributed by atoms with van der Waals surface area (Å²) < 4.78 is 0. The SMILES string of the molecule is O=C(/C=C/c1ccc(Cl)cc1)Nc1ccc(N2CCCC2=O)cc1. The Morgan fingerprint density at radius 3 is 2.42 bits per heavy atom. The first kappa shape index (κ1) is 16.3. The maximum absolute atomic E-state index is 12.0. The second-order valence-electron chi connectivity index (χ2n) is 5.57. The molecule has 1 heterocycles. The highest BCUT2D eigenvalue weighted by Crippen LogP contribution is 2.23. The Morgan fingerprint density at radius 2 is 1.79 bits per heavy atom. The third kappa shape index (κ3) is 4.03. The van der Waals surface area contributed by atoms with Crippen molar-refractivity contribution in [3.05, 3.63) is 65.2 Å². The number of anilines is 2. The van der Waals surface area contributed by atoms with Crippen LogP contribution in [0.15, 0.2) is 54.6 Å². The van der Waals surface area contributed by atoms with Crippen molar-refractivity contribution in [1.82, 2.24) is 0 Å². The molecule has 0 aliphatic carbocycles. The third-order valence-electron chi connectivity index (χ3n) is 3.82. The number of amides is 2. The fourth-order valence-corrected chi connectivity index (χ4v) is 2.70. The summed E-state index contributed by atoms with van der Waals surface area (Å²) in [6.45, 7) is 0.758. The standard InChI is InChI=1S/C19H17ClN2O2/c20-15-6-3-14(4-7-15)5-12-18(23)21-16-8-10-17(11-9-16)22-13-1-2-19(22)24/h3-12H,1-2,13H2,(H,21,23)/b12-5+. The summed E-state index contributed by atoms with van der Waals surface area (Å²) in [5.74, 6) is -0.0624. The van der Waals surface area contributed by atoms with Crippen molar-refractivity contribution in [2.24, 2.45) is 0 Å². The number of rotatable bonds is 4. The topological polar surface area (TPSA) is 49.4 Å². The van der Waals surface area contributed by atoms with Crippen LogP contribution in [-0.2, 0) is 9.59 Å². The van der Waals surface area contributed by atoms with Crippen LogP contribution in [-0.4, -0.2) is 18.4 Å². The Hall–Kier alpha value is -2.59. The minimum absolute atomic E-state index is 0.151. The normalized spacial score (nSPS) is 14.4. The molecule has 0 saturated carbocycles. The molecule has 2 amide bonds. The van der Waals surface area contributed by atoms with Crippen LogP contribution in [0.4, 0.5) is 11.4 Å². The average molecular weight is 341 g/mol. The molecular formula is C19H17ClN2O2. The molecule has 0 radical (unpaired) electrons. The first-order valence-electron chi connectivity index (χ1n) is 7.77. The molecule has 3 rings (SSSR count). The molecule has 1 aliphatic heterocycles. The van der Waals surface area contributed by atoms with Crippen LogP contribution in [0.5, 0.6) is 0 Å². The van der Waals surface area contributed by atoms with Crippen molar-refractivity contribution < 1.29 is 9.59 Å². The van der Waals surface area contributed by atoms with E-state index < -0.39 is 0 Å². The van der Waals surface area contributed by atoms with Crippen LogP contribution in [0.3, 0.4) is 0 Å². The molecule has 4 nitrogen and oxygen atoms in total. The van der Waals surface area contributed by atoms with Crippen molar-refractivity contribution in [1.29, 1.82) is 0 Å². The molecule has 5 heteroatoms. The fraction of sp³-hybridized carbons (Fsp3) is 0.158. The van der Waals surface area contributed by atoms with Gasteiger partial charge in [-0.1, -0.05) is 23.7 Å². The molecule has 122 valence electrons. The van der Waals surface area contributed by atoms with Crippen LogP contribution in [0.1, 0.15) is 18.4 Å². The summed E-state index contributed by atoms with van der Waals surface area (Å²) in [7, 11) is 0. The van der Waals surface area contributed by atoms with Gasteiger partial charge in [0.2, 0.25) is 11.8 Å². The van der Waals surface area contributed by atoms with Crippen molar-refractivity contribution >= 4 is 40.9 Å². The highest BCUT2D eigenvalue weighted by atomic mass is 35.5. The summed E-state index contributed by atoms with van der Waals surface area (Å²) in [5.41, 5.74) is 2.46. The zero-order valence-electron chi connectivity index (χ0n) is 13.0. The Bertz CT molecular complexity index is 767. The number of hydrogen-bond donors (Lipinski definition) is 1. The Morgan fingerprint density at radius 1 is 1.08 bits per heavy atom. The van der Waals surface area contributed by atoms with Crippen molar-refractivity contribution in [3.8, 4) is 0 Å². The molecule has 0 atom stereocenters. The number of benzene rings is 2. The molecule has 2 aromatic rings. The molecule has 1 fully saturated rings. The molecule has 1 N–H and O–H groups in total. The quantitative estimate of drug-likeness (QED) is 0.851. The summed E-state index contributed by atoms with van der Waals surface area (Å²) in [6, 6.07) is 14.5. The van der Waals surface area contributed by atoms with E-state index in [0.29, 0.717) is 17.1 Å². The van der Waals surface area contributed by atoms with E-state index in [0.717, 1.165) is 24.2 Å². The van der Waals surface area contributed by atoms with Gasteiger partial charge in [0.05, 0.1) is 0 Å². The number of hydrogen-bond acceptors (Lipinski definition) is 2. The molecular weight excluding hydrogens is 324 g/mol. The number of nitrogens with one attached hydrogen (secondary N) is 1. The lowest BCUT2D eigenvalue weighted by atomic mass is 10.2. The maximum atomic E-state index is 12.0. The summed E-state index contributed by atoms with van der Waals surface area (Å²) in [6.07, 6.45) is 4.70. The molecule has 24 heavy (non-hydrogen) atoms. The van der Waals surface area contributed by atoms with Crippen LogP contribution < -0.4 is 10.2 Å². The largest absolute Gasteiger partial charge is 0.323 e. The molecule has 0 bridgehead atoms. The second-order valence-corrected chi connectivity index (χ2v) is 6.01. The van der Waals surface area contributed by atoms with Gasteiger partial charge in [-0.25, -0.2) is 0 Å². The number of carbonyl (C=O) groups excluding carboxylic acids is 2. The molecule has 0 spiro atoms. The minimum Gasteiger partial charge on any atom is -0.323 e. The van der Waals surface area contributed by atoms with Gasteiger partial charge in [-0.2, -0.15) is 0 Å². The van der Waals surface area contributed by atoms with Gasteiger partial charge in [0, 0.05) is 35.4 Å². The fourth-order valence-electron chi connectivity index (χ4n) is 2.58. The number of carbonyl (C=O) groups is 2. The van der Waals surface area contributed by atoms with Crippen LogP contribution >= 0.6 is 11.6 Å². The second kappa shape index (κ2) is 7.32. The monoisotopic (exact) mass is 340 g/mol. The van der Waals surface area contributed by atoms with E-state index in [4.69, 9.17) is 11.6 Å². The molecule has 1 saturated heterocycles. The Kier molecular flexibility index (Phi) is 4.96. The lowest BCUT2D eigenvalue weighted by Crippen LogP contribution is -2.23. The van der Waals surface area contributed by atoms with Gasteiger partial charge in [-0.3, -0.25) is 9.59 Å². The number of halogens is 1. The smallest absolute Gasteiger partial charge is 0.248 e. The van der Waals surface area contributed by atoms with Gasteiger partial charge >= 0.3 is 0 Å². The zero-order chi connectivity index (χ0) is 16.9. The van der Waals surface area contributed by atoms with Crippen LogP contribution in [0.2, 0.25) is 5.02 Å². The minimum atomic E-state index is -0.213. The van der Waals surface area contributed by atoms with E-state index in [-0.39, 0.29) is 11.8 Å². The molecule has 2 aromatic carbocycles. The van der Waals surface area contributed by atoms with Gasteiger partial charge in [-0.05, 0) is 54.5 Å². The van der Waals surface area contributed by atoms with E-state index in [2.05, 4.69) is 5.32 Å². The first-order valence-corrected chi connectivity index (χ1v) is 8.15. The Balaban J connectivity index is 1.60. The summed E-state index contributed by atoms with van der Waals surface area (Å²) in [5, 5.41) is 3.46. The Labute approximate surface area is 145 Å². The first-order chi connectivity index (χ1) is 11.6. The van der Waals surface area contributed by atoms with Gasteiger partial charge in [0.15, 0.2) is 0 Å². The van der Waals surface area contributed by atoms with Gasteiger partial charge in [-0.15, -0.1) is 0 Å². The molecule has 1 aliphatic rings. The van der Waals surface area contributed by atoms with Gasteiger partial charge in [0.25, 0.3) is 0 Å². The predicted octanol–water partition coefficient (Wildman–Crippen LogP) is 4.12. The summed E-state index contributed by atoms with van der Waals surface area (Å²) in [4.78, 5) is 25.4. The van der Waals surface area contributed by atoms with E-state index >= 15 is 0 Å². The third-order valence-corrected chi connectivity index (χ3v) is 4.07. The van der Waals surface area contributed by atoms with E-state index in [1.54, 1.807) is 35.2 Å². The van der Waals surface area contributed by atoms with Crippen LogP contribution in [0.25, 0.3) is 6.08 Å². The van der Waals surface area contributed by atoms with Crippen molar-refractivity contribution in [3.63, 3.8) is 0 Å². The highest BCUT2D eigenvalue weighted by Gasteiger charge is 2.21. The van der Waals surface area contributed by atoms with E-state index in [1.807, 2.05) is 24.3 Å². The van der Waals surface area contributed by atoms with Crippen molar-refractivity contribution in [2.45, 2.75) is 12.8 Å². The van der Waals surface area contributed by atoms with Crippen LogP contribution in [0, 0.1) is 0 Å². The highest BCUT2D eigenvalue weighted by molar-refractivity contribution is 6.30. The zero-order valence-corrected chi connectivity index (χ0v) is 13.8. The number of nitrogens with zero attached hydrogens (tertiary/aromatic N) is 1. The average Bonchev–Trinajstić information content (AvgIpc) is 3.01.